The van der Waals surface area contributed by atoms with Crippen molar-refractivity contribution >= 4 is 27.5 Å². The van der Waals surface area contributed by atoms with E-state index in [1.165, 1.54) is 23.3 Å². The third-order valence-corrected chi connectivity index (χ3v) is 7.46. The first-order valence-corrected chi connectivity index (χ1v) is 10.8. The lowest BCUT2D eigenvalue weighted by Gasteiger charge is -2.17. The summed E-state index contributed by atoms with van der Waals surface area (Å²) in [5.74, 6) is -1.71. The van der Waals surface area contributed by atoms with Crippen molar-refractivity contribution in [3.63, 3.8) is 0 Å². The molecule has 2 aromatic rings. The number of carbonyl (C=O) groups is 2. The molecule has 0 bridgehead atoms. The van der Waals surface area contributed by atoms with Crippen LogP contribution >= 0.6 is 0 Å². The molecule has 0 spiro atoms. The summed E-state index contributed by atoms with van der Waals surface area (Å²) in [5, 5.41) is 2.86. The summed E-state index contributed by atoms with van der Waals surface area (Å²) < 4.78 is 32.9. The normalized spacial score (nSPS) is 21.7. The molecule has 28 heavy (non-hydrogen) atoms. The van der Waals surface area contributed by atoms with Crippen LogP contribution in [0.2, 0.25) is 0 Å². The van der Waals surface area contributed by atoms with Gasteiger partial charge in [-0.1, -0.05) is 12.1 Å². The average Bonchev–Trinajstić information content (AvgIpc) is 3.34. The van der Waals surface area contributed by atoms with Crippen LogP contribution < -0.4 is 10.0 Å². The fourth-order valence-electron chi connectivity index (χ4n) is 4.46. The molecule has 0 fully saturated rings. The van der Waals surface area contributed by atoms with Gasteiger partial charge in [0.2, 0.25) is 0 Å². The van der Waals surface area contributed by atoms with Gasteiger partial charge < -0.3 is 5.32 Å². The molecule has 1 unspecified atom stereocenters. The number of benzene rings is 2. The molecule has 5 rings (SSSR count). The van der Waals surface area contributed by atoms with Crippen molar-refractivity contribution in [1.82, 2.24) is 4.72 Å². The highest BCUT2D eigenvalue weighted by atomic mass is 32.2. The lowest BCUT2D eigenvalue weighted by molar-refractivity contribution is 0.100. The van der Waals surface area contributed by atoms with Crippen LogP contribution in [0.5, 0.6) is 0 Å². The highest BCUT2D eigenvalue weighted by Crippen LogP contribution is 2.38. The van der Waals surface area contributed by atoms with Crippen LogP contribution in [0, 0.1) is 5.82 Å². The Kier molecular flexibility index (Phi) is 3.80. The second-order valence-corrected chi connectivity index (χ2v) is 9.20. The number of urea groups is 1. The molecular weight excluding hydrogens is 381 g/mol. The zero-order valence-electron chi connectivity index (χ0n) is 15.0. The van der Waals surface area contributed by atoms with Gasteiger partial charge in [0.15, 0.2) is 9.92 Å². The van der Waals surface area contributed by atoms with E-state index in [9.17, 15) is 18.2 Å². The monoisotopic (exact) mass is 399 g/mol. The standard InChI is InChI=1S/C20H18FN3O3S/c21-15-8-3-9-16-17(15)19(25)23-28(16,27)24-20(26)22-18-13-6-1-4-11(13)10-12-5-2-7-14(12)18/h3,8-10H,1-2,4-7H2,(H2,22,23,24,25,26,27). The molecule has 1 heterocycles. The van der Waals surface area contributed by atoms with E-state index in [0.29, 0.717) is 0 Å². The lowest BCUT2D eigenvalue weighted by Crippen LogP contribution is -2.34. The lowest BCUT2D eigenvalue weighted by atomic mass is 9.99. The highest BCUT2D eigenvalue weighted by molar-refractivity contribution is 7.93. The van der Waals surface area contributed by atoms with Gasteiger partial charge in [-0.25, -0.2) is 18.1 Å². The maximum atomic E-state index is 13.9. The third-order valence-electron chi connectivity index (χ3n) is 5.64. The molecular formula is C20H18FN3O3S. The molecule has 0 saturated carbocycles. The first-order valence-electron chi connectivity index (χ1n) is 9.31. The van der Waals surface area contributed by atoms with Crippen LogP contribution in [0.15, 0.2) is 33.5 Å². The fourth-order valence-corrected chi connectivity index (χ4v) is 6.07. The zero-order chi connectivity index (χ0) is 19.5. The molecule has 1 atom stereocenters. The Labute approximate surface area is 161 Å². The topological polar surface area (TPSA) is 87.6 Å². The number of aryl methyl sites for hydroxylation is 2. The van der Waals surface area contributed by atoms with Gasteiger partial charge in [-0.3, -0.25) is 4.79 Å². The van der Waals surface area contributed by atoms with E-state index < -0.39 is 27.7 Å². The molecule has 3 amide bonds. The number of hydrogen-bond donors (Lipinski definition) is 2. The quantitative estimate of drug-likeness (QED) is 0.810. The van der Waals surface area contributed by atoms with Gasteiger partial charge >= 0.3 is 6.03 Å². The van der Waals surface area contributed by atoms with Crippen molar-refractivity contribution in [2.24, 2.45) is 4.36 Å². The van der Waals surface area contributed by atoms with Crippen LogP contribution in [0.3, 0.4) is 0 Å². The summed E-state index contributed by atoms with van der Waals surface area (Å²) in [6.07, 6.45) is 5.86. The summed E-state index contributed by atoms with van der Waals surface area (Å²) in [7, 11) is -3.56. The van der Waals surface area contributed by atoms with Crippen LogP contribution in [0.25, 0.3) is 0 Å². The summed E-state index contributed by atoms with van der Waals surface area (Å²) in [6.45, 7) is 0. The summed E-state index contributed by atoms with van der Waals surface area (Å²) in [4.78, 5) is 24.6. The minimum absolute atomic E-state index is 0.0869. The van der Waals surface area contributed by atoms with E-state index in [1.807, 2.05) is 0 Å². The van der Waals surface area contributed by atoms with Crippen molar-refractivity contribution in [2.45, 2.75) is 43.4 Å². The Morgan fingerprint density at radius 1 is 1.07 bits per heavy atom. The SMILES string of the molecule is O=C(Nc1c2c(cc3c1CCC3)CCC2)NS1(=O)=NC(=O)c2c(F)cccc21. The van der Waals surface area contributed by atoms with Crippen molar-refractivity contribution < 1.29 is 18.2 Å². The minimum atomic E-state index is -3.56. The summed E-state index contributed by atoms with van der Waals surface area (Å²) >= 11 is 0. The summed E-state index contributed by atoms with van der Waals surface area (Å²) in [5.41, 5.74) is 5.25. The Morgan fingerprint density at radius 2 is 1.75 bits per heavy atom. The van der Waals surface area contributed by atoms with Gasteiger partial charge in [-0.15, -0.1) is 4.36 Å². The number of amides is 3. The largest absolute Gasteiger partial charge is 0.331 e. The van der Waals surface area contributed by atoms with Crippen LogP contribution in [0.4, 0.5) is 14.9 Å². The van der Waals surface area contributed by atoms with Crippen molar-refractivity contribution in [1.29, 1.82) is 0 Å². The van der Waals surface area contributed by atoms with E-state index in [2.05, 4.69) is 20.5 Å². The maximum absolute atomic E-state index is 13.9. The number of anilines is 1. The molecule has 1 aliphatic heterocycles. The van der Waals surface area contributed by atoms with Crippen molar-refractivity contribution in [3.05, 3.63) is 57.9 Å². The number of carbonyl (C=O) groups excluding carboxylic acids is 2. The predicted octanol–water partition coefficient (Wildman–Crippen LogP) is 3.52. The molecule has 2 aliphatic carbocycles. The van der Waals surface area contributed by atoms with Crippen molar-refractivity contribution in [3.8, 4) is 0 Å². The Bertz CT molecular complexity index is 1150. The maximum Gasteiger partial charge on any atom is 0.331 e. The van der Waals surface area contributed by atoms with Gasteiger partial charge in [0.05, 0.1) is 10.5 Å². The molecule has 3 aliphatic rings. The number of nitrogens with zero attached hydrogens (tertiary/aromatic N) is 1. The Morgan fingerprint density at radius 3 is 2.43 bits per heavy atom. The predicted molar refractivity (Wildman–Crippen MR) is 102 cm³/mol. The van der Waals surface area contributed by atoms with E-state index in [0.717, 1.165) is 61.4 Å². The van der Waals surface area contributed by atoms with Crippen LogP contribution in [-0.4, -0.2) is 16.1 Å². The second-order valence-electron chi connectivity index (χ2n) is 7.33. The fraction of sp³-hybridized carbons (Fsp3) is 0.300. The molecule has 0 aromatic heterocycles. The molecule has 0 saturated heterocycles. The average molecular weight is 399 g/mol. The van der Waals surface area contributed by atoms with E-state index >= 15 is 0 Å². The molecule has 8 heteroatoms. The first kappa shape index (κ1) is 17.4. The Balaban J connectivity index is 1.48. The van der Waals surface area contributed by atoms with E-state index in [4.69, 9.17) is 0 Å². The third kappa shape index (κ3) is 2.55. The number of hydrogen-bond acceptors (Lipinski definition) is 3. The summed E-state index contributed by atoms with van der Waals surface area (Å²) in [6, 6.07) is 5.35. The van der Waals surface area contributed by atoms with Gasteiger partial charge in [-0.2, -0.15) is 0 Å². The second kappa shape index (κ2) is 6.13. The molecule has 2 N–H and O–H groups in total. The zero-order valence-corrected chi connectivity index (χ0v) is 15.8. The van der Waals surface area contributed by atoms with Gasteiger partial charge in [0.25, 0.3) is 5.91 Å². The molecule has 6 nitrogen and oxygen atoms in total. The van der Waals surface area contributed by atoms with Gasteiger partial charge in [0, 0.05) is 5.69 Å². The number of fused-ring (bicyclic) bond motifs is 3. The minimum Gasteiger partial charge on any atom is -0.307 e. The molecule has 0 radical (unpaired) electrons. The van der Waals surface area contributed by atoms with Gasteiger partial charge in [0.1, 0.15) is 5.82 Å². The van der Waals surface area contributed by atoms with E-state index in [1.54, 1.807) is 0 Å². The van der Waals surface area contributed by atoms with Crippen LogP contribution in [0.1, 0.15) is 45.5 Å². The highest BCUT2D eigenvalue weighted by Gasteiger charge is 2.34. The van der Waals surface area contributed by atoms with Crippen LogP contribution in [-0.2, 0) is 35.6 Å². The first-order chi connectivity index (χ1) is 13.5. The Hall–Kier alpha value is -2.74. The number of nitrogens with one attached hydrogen (secondary N) is 2. The number of halogens is 1. The van der Waals surface area contributed by atoms with Crippen molar-refractivity contribution in [2.75, 3.05) is 5.32 Å². The molecule has 144 valence electrons. The van der Waals surface area contributed by atoms with Gasteiger partial charge in [-0.05, 0) is 72.9 Å². The smallest absolute Gasteiger partial charge is 0.307 e. The van der Waals surface area contributed by atoms with E-state index in [-0.39, 0.29) is 10.5 Å². The number of rotatable bonds is 2. The molecule has 2 aromatic carbocycles.